The Morgan fingerprint density at radius 1 is 0.345 bits per heavy atom. The van der Waals surface area contributed by atoms with Crippen LogP contribution in [0.2, 0.25) is 0 Å². The zero-order valence-corrected chi connectivity index (χ0v) is 67.5. The predicted molar refractivity (Wildman–Crippen MR) is 468 cm³/mol. The van der Waals surface area contributed by atoms with Crippen LogP contribution in [0.15, 0.2) is 211 Å². The number of aliphatic imine (C=N–C) groups is 7. The minimum Gasteiger partial charge on any atom is -0.493 e. The van der Waals surface area contributed by atoms with Gasteiger partial charge in [-0.25, -0.2) is 0 Å². The van der Waals surface area contributed by atoms with Crippen LogP contribution >= 0.6 is 0 Å². The third-order valence-corrected chi connectivity index (χ3v) is 15.2. The van der Waals surface area contributed by atoms with Crippen molar-refractivity contribution in [2.45, 2.75) is 151 Å². The molecular formula is C88H134N21O+7. The van der Waals surface area contributed by atoms with Crippen LogP contribution in [-0.2, 0) is 24.7 Å². The third-order valence-electron chi connectivity index (χ3n) is 15.2. The first kappa shape index (κ1) is 96.3. The van der Waals surface area contributed by atoms with Gasteiger partial charge in [0.05, 0.1) is 6.61 Å². The van der Waals surface area contributed by atoms with Gasteiger partial charge in [0.15, 0.2) is 0 Å². The minimum atomic E-state index is 0.186. The van der Waals surface area contributed by atoms with E-state index in [4.69, 9.17) is 82.7 Å². The number of nitrogens with zero attached hydrogens (tertiary/aromatic N) is 7. The van der Waals surface area contributed by atoms with E-state index < -0.39 is 0 Å². The SMILES string of the molecule is CC(C)(C)c1ccc(C=NCC(N)=[NH2+])cc1.CC(C)Cc1ccc(C=NCC(N)=[NH2+])cc1.CC(C)c1ccc(C=NCC(N)=[NH2+])cc1.CCCCCCCCc1ccc(C=NCC(N)=[NH2+])cc1.CCCCc1ccc(C=NCC(N)=[NH2+])cc1.CCOc1ccccc1C=NCC(N)=[NH2+].NC(=[NH2+])CN=Cc1ccccc1. The molecule has 0 atom stereocenters. The van der Waals surface area contributed by atoms with Gasteiger partial charge in [0.25, 0.3) is 40.8 Å². The van der Waals surface area contributed by atoms with Gasteiger partial charge in [-0.3, -0.25) is 113 Å². The van der Waals surface area contributed by atoms with Gasteiger partial charge in [-0.15, -0.1) is 0 Å². The second kappa shape index (κ2) is 59.4. The molecule has 0 spiro atoms. The molecule has 0 saturated heterocycles. The van der Waals surface area contributed by atoms with Gasteiger partial charge < -0.3 is 4.74 Å². The highest BCUT2D eigenvalue weighted by atomic mass is 16.5. The lowest BCUT2D eigenvalue weighted by Crippen LogP contribution is -2.47. The topological polar surface area (TPSA) is 457 Å². The van der Waals surface area contributed by atoms with Crippen LogP contribution in [0.25, 0.3) is 0 Å². The van der Waals surface area contributed by atoms with Gasteiger partial charge in [-0.1, -0.05) is 265 Å². The van der Waals surface area contributed by atoms with E-state index in [1.807, 2.05) is 79.9 Å². The molecule has 7 rings (SSSR count). The molecule has 7 aromatic rings. The van der Waals surface area contributed by atoms with Crippen molar-refractivity contribution in [1.29, 1.82) is 0 Å². The van der Waals surface area contributed by atoms with Crippen molar-refractivity contribution >= 4 is 84.4 Å². The zero-order chi connectivity index (χ0) is 81.7. The van der Waals surface area contributed by atoms with Crippen LogP contribution in [-0.4, -0.2) is 137 Å². The number of rotatable bonds is 36. The summed E-state index contributed by atoms with van der Waals surface area (Å²) in [4.78, 5) is 28.7. The van der Waals surface area contributed by atoms with Crippen molar-refractivity contribution in [3.8, 4) is 5.75 Å². The largest absolute Gasteiger partial charge is 0.493 e. The Hall–Kier alpha value is -11.7. The average Bonchev–Trinajstić information content (AvgIpc) is 0.867. The van der Waals surface area contributed by atoms with E-state index in [0.29, 0.717) is 105 Å². The van der Waals surface area contributed by atoms with Gasteiger partial charge in [0, 0.05) is 49.1 Å². The number of ether oxygens (including phenoxy) is 1. The molecule has 7 aromatic carbocycles. The summed E-state index contributed by atoms with van der Waals surface area (Å²) in [6.45, 7) is 25.0. The van der Waals surface area contributed by atoms with Crippen molar-refractivity contribution in [3.05, 3.63) is 243 Å². The molecule has 590 valence electrons. The lowest BCUT2D eigenvalue weighted by molar-refractivity contribution is -0.117. The quantitative estimate of drug-likeness (QED) is 0.0157. The summed E-state index contributed by atoms with van der Waals surface area (Å²) in [7, 11) is 0. The molecule has 0 unspecified atom stereocenters. The Morgan fingerprint density at radius 3 is 0.982 bits per heavy atom. The fraction of sp³-hybridized carbons (Fsp3) is 0.364. The monoisotopic (exact) mass is 1500 g/mol. The fourth-order valence-corrected chi connectivity index (χ4v) is 9.48. The van der Waals surface area contributed by atoms with Crippen LogP contribution in [0.4, 0.5) is 0 Å². The first-order valence-electron chi connectivity index (χ1n) is 37.8. The summed E-state index contributed by atoms with van der Waals surface area (Å²) in [5.74, 6) is 4.41. The van der Waals surface area contributed by atoms with Gasteiger partial charge >= 0.3 is 0 Å². The lowest BCUT2D eigenvalue weighted by Gasteiger charge is -2.18. The fourth-order valence-electron chi connectivity index (χ4n) is 9.48. The first-order valence-corrected chi connectivity index (χ1v) is 37.8. The van der Waals surface area contributed by atoms with Crippen LogP contribution in [0, 0.1) is 5.92 Å². The Kier molecular flexibility index (Phi) is 52.0. The summed E-state index contributed by atoms with van der Waals surface area (Å²) in [6.07, 6.45) is 26.4. The smallest absolute Gasteiger partial charge is 0.260 e. The molecule has 22 heteroatoms. The standard InChI is InChI=1S/C17H27N3.3C13H19N3.C12H17N3.C11H15N3O.C9H11N3/c1-2-3-4-5-6-7-8-15-9-11-16(12-10-15)13-20-14-17(18)19;1-13(2,3)11-6-4-10(5-7-11)8-16-9-12(14)15;1-10(2)7-11-3-5-12(6-4-11)8-16-9-13(14)15;1-2-3-4-11-5-7-12(8-6-11)9-16-10-13(14)15;1-9(2)11-5-3-10(4-6-11)7-15-8-12(13)14;1-2-15-10-6-4-3-5-9(10)7-14-8-11(12)13;10-9(11)7-12-6-8-4-2-1-3-5-8/h9-13H,2-8,14H2,1H3,(H3,18,19);4-8H,9H2,1-3H3,(H3,14,15);3-6,8,10H,7,9H2,1-2H3,(H3,14,15);5-9H,2-4,10H2,1H3,(H3,14,15);3-7,9H,8H2,1-2H3,(H3,13,14);3-7H,2,8H2,1H3,(H3,12,13);1-6H,7H2,(H3,10,11)/p+7. The van der Waals surface area contributed by atoms with E-state index in [1.165, 1.54) is 85.6 Å². The third kappa shape index (κ3) is 53.1. The molecule has 0 amide bonds. The Bertz CT molecular complexity index is 3940. The maximum Gasteiger partial charge on any atom is 0.260 e. The number of amidine groups is 7. The van der Waals surface area contributed by atoms with E-state index in [9.17, 15) is 0 Å². The summed E-state index contributed by atoms with van der Waals surface area (Å²) in [5.41, 5.74) is 51.5. The molecule has 0 saturated carbocycles. The maximum absolute atomic E-state index is 5.43. The summed E-state index contributed by atoms with van der Waals surface area (Å²) in [6, 6.07) is 59.6. The number of para-hydroxylation sites is 1. The first-order chi connectivity index (χ1) is 52.5. The molecule has 0 aromatic heterocycles. The van der Waals surface area contributed by atoms with E-state index in [0.717, 1.165) is 57.5 Å². The number of hydrogen-bond donors (Lipinski definition) is 14. The number of unbranched alkanes of at least 4 members (excludes halogenated alkanes) is 6. The van der Waals surface area contributed by atoms with Crippen LogP contribution in [0.3, 0.4) is 0 Å². The molecule has 0 heterocycles. The molecule has 0 aliphatic heterocycles. The highest BCUT2D eigenvalue weighted by molar-refractivity contribution is 5.88. The number of hydrogen-bond acceptors (Lipinski definition) is 8. The van der Waals surface area contributed by atoms with E-state index in [2.05, 4.69) is 206 Å². The van der Waals surface area contributed by atoms with E-state index in [-0.39, 0.29) is 5.41 Å². The van der Waals surface area contributed by atoms with Gasteiger partial charge in [0.1, 0.15) is 51.6 Å². The number of benzene rings is 7. The van der Waals surface area contributed by atoms with Gasteiger partial charge in [0.2, 0.25) is 0 Å². The Balaban J connectivity index is 0.000000644. The zero-order valence-electron chi connectivity index (χ0n) is 67.5. The average molecular weight is 1500 g/mol. The molecular weight excluding hydrogens is 1370 g/mol. The molecule has 0 bridgehead atoms. The Morgan fingerprint density at radius 2 is 0.645 bits per heavy atom. The van der Waals surface area contributed by atoms with Gasteiger partial charge in [-0.05, 0) is 130 Å². The van der Waals surface area contributed by atoms with Crippen molar-refractivity contribution in [3.63, 3.8) is 0 Å². The minimum absolute atomic E-state index is 0.186. The predicted octanol–water partition coefficient (Wildman–Crippen LogP) is 2.82. The lowest BCUT2D eigenvalue weighted by atomic mass is 9.87. The maximum atomic E-state index is 5.43. The van der Waals surface area contributed by atoms with Crippen molar-refractivity contribution < 1.29 is 42.6 Å². The molecule has 110 heavy (non-hydrogen) atoms. The number of aryl methyl sites for hydroxylation is 2. The summed E-state index contributed by atoms with van der Waals surface area (Å²) < 4.78 is 5.43. The molecule has 0 fully saturated rings. The second-order valence-electron chi connectivity index (χ2n) is 27.8. The van der Waals surface area contributed by atoms with Crippen molar-refractivity contribution in [1.82, 2.24) is 0 Å². The van der Waals surface area contributed by atoms with Crippen LogP contribution in [0.1, 0.15) is 193 Å². The summed E-state index contributed by atoms with van der Waals surface area (Å²) in [5, 5.41) is 37.2. The highest BCUT2D eigenvalue weighted by Crippen LogP contribution is 2.22. The molecule has 28 N–H and O–H groups in total. The second-order valence-corrected chi connectivity index (χ2v) is 27.8. The van der Waals surface area contributed by atoms with E-state index >= 15 is 0 Å². The highest BCUT2D eigenvalue weighted by Gasteiger charge is 2.13. The van der Waals surface area contributed by atoms with Crippen LogP contribution in [0.5, 0.6) is 5.75 Å². The van der Waals surface area contributed by atoms with Crippen molar-refractivity contribution in [2.75, 3.05) is 52.4 Å². The van der Waals surface area contributed by atoms with Crippen molar-refractivity contribution in [2.24, 2.45) is 81.0 Å². The molecule has 22 nitrogen and oxygen atoms in total. The molecule has 0 aliphatic rings. The van der Waals surface area contributed by atoms with Gasteiger partial charge in [-0.2, -0.15) is 0 Å². The van der Waals surface area contributed by atoms with Crippen LogP contribution < -0.4 is 82.7 Å². The van der Waals surface area contributed by atoms with E-state index in [1.54, 1.807) is 37.3 Å². The Labute approximate surface area is 656 Å². The summed E-state index contributed by atoms with van der Waals surface area (Å²) >= 11 is 0. The molecule has 0 aliphatic carbocycles. The normalized spacial score (nSPS) is 11.0. The number of nitrogens with two attached hydrogens (primary N) is 14. The molecule has 0 radical (unpaired) electrons.